The minimum Gasteiger partial charge on any atom is -0.368 e. The van der Waals surface area contributed by atoms with E-state index in [9.17, 15) is 14.4 Å². The third kappa shape index (κ3) is 6.26. The fraction of sp³-hybridized carbons (Fsp3) is 0.324. The molecule has 1 fully saturated rings. The number of nitrogens with zero attached hydrogens (tertiary/aromatic N) is 5. The molecule has 0 aromatic heterocycles. The lowest BCUT2D eigenvalue weighted by Gasteiger charge is -2.36. The molecular weight excluding hydrogens is 572 g/mol. The Labute approximate surface area is 262 Å². The van der Waals surface area contributed by atoms with E-state index in [0.29, 0.717) is 42.6 Å². The van der Waals surface area contributed by atoms with Crippen molar-refractivity contribution < 1.29 is 14.4 Å². The van der Waals surface area contributed by atoms with Crippen LogP contribution in [0.1, 0.15) is 37.3 Å². The molecule has 3 aromatic carbocycles. The molecule has 3 aliphatic rings. The highest BCUT2D eigenvalue weighted by molar-refractivity contribution is 8.15. The summed E-state index contributed by atoms with van der Waals surface area (Å²) in [5, 5.41) is 2.97. The minimum absolute atomic E-state index is 0.0399. The van der Waals surface area contributed by atoms with Crippen molar-refractivity contribution in [2.24, 2.45) is 9.98 Å². The van der Waals surface area contributed by atoms with E-state index in [1.807, 2.05) is 85.5 Å². The number of piperazine rings is 1. The van der Waals surface area contributed by atoms with Crippen molar-refractivity contribution in [1.82, 2.24) is 9.80 Å². The van der Waals surface area contributed by atoms with Gasteiger partial charge < -0.3 is 15.1 Å². The van der Waals surface area contributed by atoms with E-state index < -0.39 is 11.3 Å². The van der Waals surface area contributed by atoms with Gasteiger partial charge in [0.15, 0.2) is 5.17 Å². The zero-order valence-electron chi connectivity index (χ0n) is 25.0. The van der Waals surface area contributed by atoms with Crippen molar-refractivity contribution in [3.8, 4) is 0 Å². The van der Waals surface area contributed by atoms with Crippen molar-refractivity contribution in [1.29, 1.82) is 0 Å². The fourth-order valence-corrected chi connectivity index (χ4v) is 6.76. The van der Waals surface area contributed by atoms with Gasteiger partial charge in [-0.05, 0) is 61.7 Å². The number of anilines is 2. The van der Waals surface area contributed by atoms with E-state index in [4.69, 9.17) is 9.98 Å². The number of amidine groups is 2. The van der Waals surface area contributed by atoms with Gasteiger partial charge in [-0.1, -0.05) is 61.2 Å². The van der Waals surface area contributed by atoms with Gasteiger partial charge in [0.05, 0.1) is 10.9 Å². The Morgan fingerprint density at radius 2 is 1.73 bits per heavy atom. The van der Waals surface area contributed by atoms with E-state index in [2.05, 4.69) is 22.3 Å². The number of amides is 3. The Morgan fingerprint density at radius 1 is 0.977 bits per heavy atom. The van der Waals surface area contributed by atoms with Gasteiger partial charge in [-0.15, -0.1) is 0 Å². The predicted molar refractivity (Wildman–Crippen MR) is 177 cm³/mol. The number of para-hydroxylation sites is 2. The molecule has 6 rings (SSSR count). The molecule has 9 nitrogen and oxygen atoms in total. The minimum atomic E-state index is -0.683. The summed E-state index contributed by atoms with van der Waals surface area (Å²) in [7, 11) is 0. The van der Waals surface area contributed by atoms with E-state index in [0.717, 1.165) is 35.6 Å². The Kier molecular flexibility index (Phi) is 8.79. The summed E-state index contributed by atoms with van der Waals surface area (Å²) in [5.74, 6) is 0.213. The molecule has 226 valence electrons. The number of hydrogen-bond donors (Lipinski definition) is 1. The highest BCUT2D eigenvalue weighted by atomic mass is 32.2. The molecule has 3 aliphatic heterocycles. The van der Waals surface area contributed by atoms with Crippen LogP contribution in [0.25, 0.3) is 0 Å². The van der Waals surface area contributed by atoms with Crippen LogP contribution in [0.15, 0.2) is 88.8 Å². The van der Waals surface area contributed by atoms with Crippen LogP contribution in [0, 0.1) is 6.92 Å². The summed E-state index contributed by atoms with van der Waals surface area (Å²) in [6.07, 6.45) is 1.11. The number of hydrogen-bond acceptors (Lipinski definition) is 7. The number of aliphatic imine (C=N–C) groups is 2. The zero-order valence-corrected chi connectivity index (χ0v) is 25.8. The van der Waals surface area contributed by atoms with Crippen LogP contribution < -0.4 is 10.2 Å². The molecule has 0 spiro atoms. The smallest absolute Gasteiger partial charge is 0.259 e. The van der Waals surface area contributed by atoms with Gasteiger partial charge in [-0.25, -0.2) is 9.89 Å². The second-order valence-electron chi connectivity index (χ2n) is 11.2. The number of benzene rings is 3. The maximum absolute atomic E-state index is 13.8. The molecule has 3 amide bonds. The van der Waals surface area contributed by atoms with Crippen LogP contribution in [0.4, 0.5) is 17.1 Å². The molecule has 10 heteroatoms. The van der Waals surface area contributed by atoms with Crippen molar-refractivity contribution in [2.45, 2.75) is 44.4 Å². The third-order valence-corrected chi connectivity index (χ3v) is 9.45. The van der Waals surface area contributed by atoms with Crippen molar-refractivity contribution in [3.05, 3.63) is 90.0 Å². The van der Waals surface area contributed by atoms with E-state index in [1.165, 1.54) is 11.8 Å². The molecule has 0 unspecified atom stereocenters. The molecule has 0 aliphatic carbocycles. The lowest BCUT2D eigenvalue weighted by molar-refractivity contribution is -0.132. The highest BCUT2D eigenvalue weighted by Gasteiger charge is 2.42. The molecule has 1 saturated heterocycles. The van der Waals surface area contributed by atoms with Gasteiger partial charge in [0.1, 0.15) is 11.9 Å². The first kappa shape index (κ1) is 29.6. The molecule has 3 heterocycles. The van der Waals surface area contributed by atoms with Crippen molar-refractivity contribution in [3.63, 3.8) is 0 Å². The van der Waals surface area contributed by atoms with Crippen LogP contribution in [-0.2, 0) is 14.4 Å². The first-order valence-electron chi connectivity index (χ1n) is 15.1. The summed E-state index contributed by atoms with van der Waals surface area (Å²) in [6.45, 7) is 6.77. The van der Waals surface area contributed by atoms with Gasteiger partial charge in [0.2, 0.25) is 11.8 Å². The van der Waals surface area contributed by atoms with Crippen LogP contribution in [0.3, 0.4) is 0 Å². The number of aryl methyl sites for hydroxylation is 1. The maximum Gasteiger partial charge on any atom is 0.259 e. The molecule has 0 saturated carbocycles. The average molecular weight is 609 g/mol. The van der Waals surface area contributed by atoms with E-state index in [-0.39, 0.29) is 24.1 Å². The molecule has 44 heavy (non-hydrogen) atoms. The summed E-state index contributed by atoms with van der Waals surface area (Å²) in [4.78, 5) is 55.6. The second-order valence-corrected chi connectivity index (χ2v) is 12.3. The SMILES string of the molecule is CC[C@@H](SC1=Nc2ccccc2C2=N[C@H](CCC(=O)N3CCN(c4ccccc4)CC3)C(=O)N12)C(=O)Nc1cccc(C)c1. The molecule has 3 aromatic rings. The summed E-state index contributed by atoms with van der Waals surface area (Å²) in [6, 6.07) is 24.8. The second kappa shape index (κ2) is 13.1. The monoisotopic (exact) mass is 608 g/mol. The number of rotatable bonds is 8. The summed E-state index contributed by atoms with van der Waals surface area (Å²) >= 11 is 1.27. The standard InChI is InChI=1S/C34H36N6O3S/c1-3-29(32(42)35-24-11-9-10-23(2)22-24)44-34-37-27-15-8-7-14-26(27)31-36-28(33(43)40(31)34)16-17-30(41)39-20-18-38(19-21-39)25-12-5-4-6-13-25/h4-15,22,28-29H,3,16-21H2,1-2H3,(H,35,42)/t28-,29-/m1/s1. The van der Waals surface area contributed by atoms with E-state index >= 15 is 0 Å². The number of carbonyl (C=O) groups excluding carboxylic acids is 3. The summed E-state index contributed by atoms with van der Waals surface area (Å²) in [5.41, 5.74) is 4.43. The highest BCUT2D eigenvalue weighted by Crippen LogP contribution is 2.36. The average Bonchev–Trinajstić information content (AvgIpc) is 3.39. The summed E-state index contributed by atoms with van der Waals surface area (Å²) < 4.78 is 0. The maximum atomic E-state index is 13.8. The Hall–Kier alpha value is -4.44. The van der Waals surface area contributed by atoms with Gasteiger partial charge in [0, 0.05) is 49.5 Å². The first-order chi connectivity index (χ1) is 21.4. The topological polar surface area (TPSA) is 97.7 Å². The van der Waals surface area contributed by atoms with Crippen molar-refractivity contribution in [2.75, 3.05) is 36.4 Å². The van der Waals surface area contributed by atoms with Crippen LogP contribution in [0.5, 0.6) is 0 Å². The molecular formula is C34H36N6O3S. The predicted octanol–water partition coefficient (Wildman–Crippen LogP) is 5.23. The Bertz CT molecular complexity index is 1620. The molecule has 2 atom stereocenters. The first-order valence-corrected chi connectivity index (χ1v) is 16.0. The van der Waals surface area contributed by atoms with Gasteiger partial charge in [-0.2, -0.15) is 0 Å². The quantitative estimate of drug-likeness (QED) is 0.378. The number of fused-ring (bicyclic) bond motifs is 3. The van der Waals surface area contributed by atoms with Gasteiger partial charge >= 0.3 is 0 Å². The van der Waals surface area contributed by atoms with Crippen LogP contribution >= 0.6 is 11.8 Å². The number of thioether (sulfide) groups is 1. The zero-order chi connectivity index (χ0) is 30.6. The van der Waals surface area contributed by atoms with Gasteiger partial charge in [-0.3, -0.25) is 19.4 Å². The lowest BCUT2D eigenvalue weighted by atomic mass is 10.1. The molecule has 0 bridgehead atoms. The Morgan fingerprint density at radius 3 is 2.48 bits per heavy atom. The van der Waals surface area contributed by atoms with Crippen LogP contribution in [-0.4, -0.2) is 76.0 Å². The fourth-order valence-electron chi connectivity index (χ4n) is 5.74. The molecule has 0 radical (unpaired) electrons. The van der Waals surface area contributed by atoms with Crippen molar-refractivity contribution >= 4 is 57.5 Å². The lowest BCUT2D eigenvalue weighted by Crippen LogP contribution is -2.49. The number of carbonyl (C=O) groups is 3. The normalized spacial score (nSPS) is 18.3. The largest absolute Gasteiger partial charge is 0.368 e. The molecule has 1 N–H and O–H groups in total. The Balaban J connectivity index is 1.12. The third-order valence-electron chi connectivity index (χ3n) is 8.13. The van der Waals surface area contributed by atoms with E-state index in [1.54, 1.807) is 4.90 Å². The van der Waals surface area contributed by atoms with Gasteiger partial charge in [0.25, 0.3) is 5.91 Å². The number of nitrogens with one attached hydrogen (secondary N) is 1. The van der Waals surface area contributed by atoms with Crippen LogP contribution in [0.2, 0.25) is 0 Å².